The number of fused-ring (bicyclic) bond motifs is 1. The van der Waals surface area contributed by atoms with Gasteiger partial charge < -0.3 is 10.4 Å². The Bertz CT molecular complexity index is 693. The first-order valence-electron chi connectivity index (χ1n) is 7.59. The molecule has 0 spiro atoms. The average Bonchev–Trinajstić information content (AvgIpc) is 2.96. The zero-order valence-electron chi connectivity index (χ0n) is 12.9. The number of aliphatic hydroxyl groups is 1. The van der Waals surface area contributed by atoms with Crippen LogP contribution in [-0.2, 0) is 24.7 Å². The van der Waals surface area contributed by atoms with Crippen molar-refractivity contribution in [2.45, 2.75) is 38.3 Å². The summed E-state index contributed by atoms with van der Waals surface area (Å²) in [5.41, 5.74) is 4.19. The number of carbonyl (C=O) groups excluding carboxylic acids is 1. The topological polar surface area (TPSA) is 67.2 Å². The van der Waals surface area contributed by atoms with E-state index in [-0.39, 0.29) is 11.9 Å². The van der Waals surface area contributed by atoms with E-state index in [0.29, 0.717) is 19.3 Å². The molecule has 1 aromatic heterocycles. The Morgan fingerprint density at radius 3 is 2.95 bits per heavy atom. The van der Waals surface area contributed by atoms with Crippen LogP contribution in [0.5, 0.6) is 0 Å². The number of aromatic nitrogens is 2. The Kier molecular flexibility index (Phi) is 3.98. The first-order valence-corrected chi connectivity index (χ1v) is 7.59. The number of rotatable bonds is 4. The Labute approximate surface area is 130 Å². The molecule has 1 amide bonds. The quantitative estimate of drug-likeness (QED) is 0.897. The lowest BCUT2D eigenvalue weighted by Gasteiger charge is -2.17. The van der Waals surface area contributed by atoms with Gasteiger partial charge in [-0.2, -0.15) is 5.10 Å². The van der Waals surface area contributed by atoms with Gasteiger partial charge in [-0.25, -0.2) is 0 Å². The molecule has 0 aliphatic heterocycles. The summed E-state index contributed by atoms with van der Waals surface area (Å²) >= 11 is 0. The molecule has 2 aromatic rings. The van der Waals surface area contributed by atoms with E-state index in [1.807, 2.05) is 44.4 Å². The average molecular weight is 299 g/mol. The number of hydrogen-bond acceptors (Lipinski definition) is 3. The number of aryl methyl sites for hydroxylation is 3. The Morgan fingerprint density at radius 2 is 2.23 bits per heavy atom. The minimum Gasteiger partial charge on any atom is -0.390 e. The van der Waals surface area contributed by atoms with Crippen LogP contribution >= 0.6 is 0 Å². The molecule has 3 rings (SSSR count). The zero-order valence-corrected chi connectivity index (χ0v) is 12.9. The van der Waals surface area contributed by atoms with Gasteiger partial charge in [-0.3, -0.25) is 9.48 Å². The molecule has 1 aliphatic carbocycles. The lowest BCUT2D eigenvalue weighted by atomic mass is 10.1. The maximum Gasteiger partial charge on any atom is 0.220 e. The molecule has 0 saturated heterocycles. The van der Waals surface area contributed by atoms with E-state index in [4.69, 9.17) is 0 Å². The van der Waals surface area contributed by atoms with Gasteiger partial charge in [0.05, 0.1) is 17.8 Å². The number of hydrogen-bond donors (Lipinski definition) is 2. The van der Waals surface area contributed by atoms with Crippen molar-refractivity contribution in [3.8, 4) is 0 Å². The molecular formula is C17H21N3O2. The van der Waals surface area contributed by atoms with E-state index in [1.54, 1.807) is 4.68 Å². The van der Waals surface area contributed by atoms with Crippen molar-refractivity contribution >= 4 is 5.91 Å². The lowest BCUT2D eigenvalue weighted by Crippen LogP contribution is -2.34. The summed E-state index contributed by atoms with van der Waals surface area (Å²) in [7, 11) is 1.88. The predicted octanol–water partition coefficient (Wildman–Crippen LogP) is 1.44. The molecule has 116 valence electrons. The zero-order chi connectivity index (χ0) is 15.7. The molecule has 1 aliphatic rings. The number of carbonyl (C=O) groups is 1. The SMILES string of the molecule is Cc1nn(C)cc1CCC(=O)NC1c2ccccc2CC1O. The number of amides is 1. The molecule has 2 N–H and O–H groups in total. The van der Waals surface area contributed by atoms with Crippen molar-refractivity contribution < 1.29 is 9.90 Å². The van der Waals surface area contributed by atoms with Gasteiger partial charge >= 0.3 is 0 Å². The monoisotopic (exact) mass is 299 g/mol. The molecule has 5 heteroatoms. The van der Waals surface area contributed by atoms with Crippen LogP contribution in [0.15, 0.2) is 30.5 Å². The first kappa shape index (κ1) is 14.8. The minimum atomic E-state index is -0.540. The van der Waals surface area contributed by atoms with Crippen molar-refractivity contribution in [3.05, 3.63) is 52.8 Å². The molecule has 0 radical (unpaired) electrons. The second-order valence-corrected chi connectivity index (χ2v) is 5.93. The number of nitrogens with one attached hydrogen (secondary N) is 1. The fraction of sp³-hybridized carbons (Fsp3) is 0.412. The van der Waals surface area contributed by atoms with Crippen molar-refractivity contribution in [2.24, 2.45) is 7.05 Å². The van der Waals surface area contributed by atoms with Crippen LogP contribution in [0.2, 0.25) is 0 Å². The van der Waals surface area contributed by atoms with Crippen LogP contribution in [0.4, 0.5) is 0 Å². The number of benzene rings is 1. The van der Waals surface area contributed by atoms with Crippen molar-refractivity contribution in [1.29, 1.82) is 0 Å². The highest BCUT2D eigenvalue weighted by atomic mass is 16.3. The third-order valence-electron chi connectivity index (χ3n) is 4.26. The van der Waals surface area contributed by atoms with Crippen molar-refractivity contribution in [1.82, 2.24) is 15.1 Å². The molecular weight excluding hydrogens is 278 g/mol. The Morgan fingerprint density at radius 1 is 1.45 bits per heavy atom. The van der Waals surface area contributed by atoms with E-state index < -0.39 is 6.10 Å². The summed E-state index contributed by atoms with van der Waals surface area (Å²) < 4.78 is 1.76. The molecule has 2 unspecified atom stereocenters. The van der Waals surface area contributed by atoms with Gasteiger partial charge in [0.2, 0.25) is 5.91 Å². The Hall–Kier alpha value is -2.14. The van der Waals surface area contributed by atoms with E-state index in [2.05, 4.69) is 10.4 Å². The lowest BCUT2D eigenvalue weighted by molar-refractivity contribution is -0.122. The molecule has 0 fully saturated rings. The summed E-state index contributed by atoms with van der Waals surface area (Å²) in [5, 5.41) is 17.4. The molecule has 0 bridgehead atoms. The summed E-state index contributed by atoms with van der Waals surface area (Å²) in [5.74, 6) is -0.0380. The third kappa shape index (κ3) is 2.90. The highest BCUT2D eigenvalue weighted by Gasteiger charge is 2.31. The van der Waals surface area contributed by atoms with E-state index >= 15 is 0 Å². The normalized spacial score (nSPS) is 20.0. The summed E-state index contributed by atoms with van der Waals surface area (Å²) in [6.45, 7) is 1.95. The molecule has 22 heavy (non-hydrogen) atoms. The number of aliphatic hydroxyl groups excluding tert-OH is 1. The van der Waals surface area contributed by atoms with E-state index in [0.717, 1.165) is 22.4 Å². The summed E-state index contributed by atoms with van der Waals surface area (Å²) in [4.78, 5) is 12.2. The fourth-order valence-electron chi connectivity index (χ4n) is 3.14. The molecule has 5 nitrogen and oxygen atoms in total. The van der Waals surface area contributed by atoms with Gasteiger partial charge in [-0.05, 0) is 30.0 Å². The van der Waals surface area contributed by atoms with Crippen LogP contribution in [0.1, 0.15) is 34.8 Å². The molecule has 2 atom stereocenters. The largest absolute Gasteiger partial charge is 0.390 e. The third-order valence-corrected chi connectivity index (χ3v) is 4.26. The number of nitrogens with zero attached hydrogens (tertiary/aromatic N) is 2. The fourth-order valence-corrected chi connectivity index (χ4v) is 3.14. The molecule has 1 aromatic carbocycles. The van der Waals surface area contributed by atoms with Gasteiger partial charge in [0, 0.05) is 26.1 Å². The second-order valence-electron chi connectivity index (χ2n) is 5.93. The minimum absolute atomic E-state index is 0.0380. The standard InChI is InChI=1S/C17H21N3O2/c1-11-13(10-20(2)19-11)7-8-16(22)18-17-14-6-4-3-5-12(14)9-15(17)21/h3-6,10,15,17,21H,7-9H2,1-2H3,(H,18,22). The smallest absolute Gasteiger partial charge is 0.220 e. The highest BCUT2D eigenvalue weighted by molar-refractivity contribution is 5.77. The van der Waals surface area contributed by atoms with Crippen LogP contribution < -0.4 is 5.32 Å². The first-order chi connectivity index (χ1) is 10.5. The van der Waals surface area contributed by atoms with Gasteiger partial charge in [0.15, 0.2) is 0 Å². The van der Waals surface area contributed by atoms with E-state index in [9.17, 15) is 9.90 Å². The highest BCUT2D eigenvalue weighted by Crippen LogP contribution is 2.31. The van der Waals surface area contributed by atoms with Gasteiger partial charge in [0.1, 0.15) is 0 Å². The van der Waals surface area contributed by atoms with Crippen LogP contribution in [-0.4, -0.2) is 26.9 Å². The Balaban J connectivity index is 1.61. The second kappa shape index (κ2) is 5.93. The van der Waals surface area contributed by atoms with Crippen molar-refractivity contribution in [2.75, 3.05) is 0 Å². The predicted molar refractivity (Wildman–Crippen MR) is 83.3 cm³/mol. The van der Waals surface area contributed by atoms with Crippen LogP contribution in [0.3, 0.4) is 0 Å². The van der Waals surface area contributed by atoms with Crippen molar-refractivity contribution in [3.63, 3.8) is 0 Å². The summed E-state index contributed by atoms with van der Waals surface area (Å²) in [6, 6.07) is 7.58. The van der Waals surface area contributed by atoms with Crippen LogP contribution in [0.25, 0.3) is 0 Å². The summed E-state index contributed by atoms with van der Waals surface area (Å²) in [6.07, 6.45) is 3.07. The van der Waals surface area contributed by atoms with Gasteiger partial charge in [0.25, 0.3) is 0 Å². The molecule has 0 saturated carbocycles. The van der Waals surface area contributed by atoms with Crippen LogP contribution in [0, 0.1) is 6.92 Å². The maximum absolute atomic E-state index is 12.2. The van der Waals surface area contributed by atoms with Gasteiger partial charge in [-0.15, -0.1) is 0 Å². The van der Waals surface area contributed by atoms with E-state index in [1.165, 1.54) is 0 Å². The molecule has 1 heterocycles. The van der Waals surface area contributed by atoms with Gasteiger partial charge in [-0.1, -0.05) is 24.3 Å². The maximum atomic E-state index is 12.2.